The summed E-state index contributed by atoms with van der Waals surface area (Å²) < 4.78 is 68.3. The van der Waals surface area contributed by atoms with Crippen LogP contribution in [0.15, 0.2) is 65.5 Å². The predicted molar refractivity (Wildman–Crippen MR) is 164 cm³/mol. The summed E-state index contributed by atoms with van der Waals surface area (Å²) in [7, 11) is 0. The topological polar surface area (TPSA) is 88.8 Å². The van der Waals surface area contributed by atoms with E-state index in [4.69, 9.17) is 0 Å². The van der Waals surface area contributed by atoms with E-state index in [1.807, 2.05) is 47.8 Å². The second-order valence-corrected chi connectivity index (χ2v) is 12.7. The van der Waals surface area contributed by atoms with Gasteiger partial charge in [0.25, 0.3) is 5.56 Å². The van der Waals surface area contributed by atoms with Crippen molar-refractivity contribution in [2.75, 3.05) is 26.2 Å². The van der Waals surface area contributed by atoms with Gasteiger partial charge in [0.2, 0.25) is 0 Å². The molecule has 47 heavy (non-hydrogen) atoms. The molecule has 2 saturated heterocycles. The minimum absolute atomic E-state index is 0.0217. The number of halogens is 5. The van der Waals surface area contributed by atoms with Gasteiger partial charge >= 0.3 is 18.1 Å². The maximum absolute atomic E-state index is 15.0. The molecule has 0 bridgehead atoms. The normalized spacial score (nSPS) is 21.6. The number of urea groups is 1. The number of hydrogen-bond acceptors (Lipinski definition) is 4. The third-order valence-electron chi connectivity index (χ3n) is 9.80. The zero-order valence-electron chi connectivity index (χ0n) is 25.7. The minimum atomic E-state index is -5.10. The Kier molecular flexibility index (Phi) is 9.10. The van der Waals surface area contributed by atoms with Gasteiger partial charge in [-0.2, -0.15) is 13.2 Å². The summed E-state index contributed by atoms with van der Waals surface area (Å²) in [5.41, 5.74) is 1.50. The van der Waals surface area contributed by atoms with E-state index >= 15 is 4.39 Å². The fraction of sp³-hybridized carbons (Fsp3) is 0.441. The molecule has 1 aliphatic carbocycles. The van der Waals surface area contributed by atoms with Gasteiger partial charge in [0, 0.05) is 61.1 Å². The van der Waals surface area contributed by atoms with Crippen molar-refractivity contribution in [3.05, 3.63) is 93.8 Å². The minimum Gasteiger partial charge on any atom is -0.345 e. The Morgan fingerprint density at radius 2 is 1.70 bits per heavy atom. The van der Waals surface area contributed by atoms with Crippen molar-refractivity contribution < 1.29 is 31.5 Å². The highest BCUT2D eigenvalue weighted by molar-refractivity contribution is 5.82. The van der Waals surface area contributed by atoms with Gasteiger partial charge in [0.1, 0.15) is 11.6 Å². The van der Waals surface area contributed by atoms with Gasteiger partial charge in [-0.05, 0) is 55.5 Å². The number of nitrogens with one attached hydrogen (secondary N) is 2. The molecule has 6 rings (SSSR count). The number of amides is 3. The summed E-state index contributed by atoms with van der Waals surface area (Å²) in [6, 6.07) is 13.6. The van der Waals surface area contributed by atoms with Crippen LogP contribution in [-0.2, 0) is 11.3 Å². The van der Waals surface area contributed by atoms with Crippen molar-refractivity contribution in [3.8, 4) is 11.3 Å². The van der Waals surface area contributed by atoms with Crippen molar-refractivity contribution in [2.45, 2.75) is 68.9 Å². The molecule has 1 spiro atoms. The standard InChI is InChI=1S/C34H36F5N5O3/c35-24-9-10-27(36)26(18-24)29-19-25(40-31(46)34(37,38)39)12-15-44(29)32(47)42-16-17-43(33(21-42)13-4-5-14-33)20-23-8-11-28(41-30(23)45)22-6-2-1-3-7-22/h1-3,6-11,18,25,29H,4-5,12-17,19-21H2,(H,40,46)(H,41,45)/t25-,29+/m1/s1. The molecule has 1 saturated carbocycles. The fourth-order valence-electron chi connectivity index (χ4n) is 7.39. The summed E-state index contributed by atoms with van der Waals surface area (Å²) in [4.78, 5) is 47.3. The number of carbonyl (C=O) groups excluding carboxylic acids is 2. The largest absolute Gasteiger partial charge is 0.471 e. The van der Waals surface area contributed by atoms with Crippen molar-refractivity contribution in [3.63, 3.8) is 0 Å². The van der Waals surface area contributed by atoms with E-state index in [0.717, 1.165) is 55.1 Å². The maximum Gasteiger partial charge on any atom is 0.471 e. The molecule has 2 aliphatic heterocycles. The third kappa shape index (κ3) is 6.90. The number of piperazine rings is 1. The molecule has 2 N–H and O–H groups in total. The summed E-state index contributed by atoms with van der Waals surface area (Å²) in [5.74, 6) is -3.66. The number of benzene rings is 2. The van der Waals surface area contributed by atoms with Crippen molar-refractivity contribution in [1.29, 1.82) is 0 Å². The summed E-state index contributed by atoms with van der Waals surface area (Å²) >= 11 is 0. The first-order chi connectivity index (χ1) is 22.4. The van der Waals surface area contributed by atoms with Crippen LogP contribution in [0.1, 0.15) is 55.7 Å². The van der Waals surface area contributed by atoms with Crippen LogP contribution in [0, 0.1) is 11.6 Å². The summed E-state index contributed by atoms with van der Waals surface area (Å²) in [5, 5.41) is 1.95. The summed E-state index contributed by atoms with van der Waals surface area (Å²) in [6.45, 7) is 1.48. The number of rotatable bonds is 5. The van der Waals surface area contributed by atoms with Crippen LogP contribution in [-0.4, -0.2) is 75.6 Å². The number of likely N-dealkylation sites (tertiary alicyclic amines) is 1. The van der Waals surface area contributed by atoms with Crippen LogP contribution < -0.4 is 10.9 Å². The number of aromatic amines is 1. The van der Waals surface area contributed by atoms with Crippen LogP contribution in [0.4, 0.5) is 26.7 Å². The molecule has 3 heterocycles. The van der Waals surface area contributed by atoms with Gasteiger partial charge in [-0.1, -0.05) is 49.2 Å². The Morgan fingerprint density at radius 1 is 0.957 bits per heavy atom. The number of hydrogen-bond donors (Lipinski definition) is 2. The molecule has 3 aromatic rings. The first-order valence-electron chi connectivity index (χ1n) is 15.8. The Balaban J connectivity index is 1.21. The first kappa shape index (κ1) is 32.7. The molecule has 2 aromatic carbocycles. The van der Waals surface area contributed by atoms with Gasteiger partial charge in [0.05, 0.1) is 6.04 Å². The highest BCUT2D eigenvalue weighted by Crippen LogP contribution is 2.40. The van der Waals surface area contributed by atoms with Gasteiger partial charge in [-0.25, -0.2) is 13.6 Å². The Hall–Kier alpha value is -4.26. The molecule has 0 unspecified atom stereocenters. The van der Waals surface area contributed by atoms with E-state index < -0.39 is 47.4 Å². The zero-order valence-corrected chi connectivity index (χ0v) is 25.7. The zero-order chi connectivity index (χ0) is 33.3. The Labute approximate surface area is 268 Å². The summed E-state index contributed by atoms with van der Waals surface area (Å²) in [6.07, 6.45) is -1.77. The highest BCUT2D eigenvalue weighted by atomic mass is 19.4. The molecular formula is C34H36F5N5O3. The number of pyridine rings is 1. The molecule has 2 atom stereocenters. The molecule has 13 heteroatoms. The monoisotopic (exact) mass is 657 g/mol. The van der Waals surface area contributed by atoms with Crippen LogP contribution in [0.2, 0.25) is 0 Å². The molecule has 3 aliphatic rings. The Morgan fingerprint density at radius 3 is 2.40 bits per heavy atom. The van der Waals surface area contributed by atoms with Gasteiger partial charge < -0.3 is 20.1 Å². The second-order valence-electron chi connectivity index (χ2n) is 12.7. The van der Waals surface area contributed by atoms with E-state index in [9.17, 15) is 31.9 Å². The molecule has 0 radical (unpaired) electrons. The first-order valence-corrected chi connectivity index (χ1v) is 15.8. The predicted octanol–water partition coefficient (Wildman–Crippen LogP) is 5.75. The second kappa shape index (κ2) is 13.1. The van der Waals surface area contributed by atoms with Crippen LogP contribution >= 0.6 is 0 Å². The Bertz CT molecular complexity index is 1670. The van der Waals surface area contributed by atoms with Crippen molar-refractivity contribution in [1.82, 2.24) is 25.0 Å². The van der Waals surface area contributed by atoms with E-state index in [-0.39, 0.29) is 30.5 Å². The van der Waals surface area contributed by atoms with Gasteiger partial charge in [0.15, 0.2) is 0 Å². The van der Waals surface area contributed by atoms with Crippen molar-refractivity contribution >= 4 is 11.9 Å². The smallest absolute Gasteiger partial charge is 0.345 e. The molecule has 1 aromatic heterocycles. The van der Waals surface area contributed by atoms with Gasteiger partial charge in [-0.15, -0.1) is 0 Å². The lowest BCUT2D eigenvalue weighted by atomic mass is 9.90. The lowest BCUT2D eigenvalue weighted by Crippen LogP contribution is -2.64. The number of piperidine rings is 1. The third-order valence-corrected chi connectivity index (χ3v) is 9.80. The van der Waals surface area contributed by atoms with Crippen LogP contribution in [0.25, 0.3) is 11.3 Å². The maximum atomic E-state index is 15.0. The van der Waals surface area contributed by atoms with E-state index in [1.165, 1.54) is 4.90 Å². The molecule has 3 amide bonds. The van der Waals surface area contributed by atoms with Gasteiger partial charge in [-0.3, -0.25) is 14.5 Å². The average Bonchev–Trinajstić information content (AvgIpc) is 3.52. The number of H-pyrrole nitrogens is 1. The lowest BCUT2D eigenvalue weighted by molar-refractivity contribution is -0.174. The number of aromatic nitrogens is 1. The molecule has 8 nitrogen and oxygen atoms in total. The van der Waals surface area contributed by atoms with Crippen LogP contribution in [0.5, 0.6) is 0 Å². The van der Waals surface area contributed by atoms with Crippen LogP contribution in [0.3, 0.4) is 0 Å². The number of nitrogens with zero attached hydrogens (tertiary/aromatic N) is 3. The van der Waals surface area contributed by atoms with E-state index in [0.29, 0.717) is 31.7 Å². The molecule has 250 valence electrons. The molecule has 3 fully saturated rings. The van der Waals surface area contributed by atoms with Crippen molar-refractivity contribution in [2.24, 2.45) is 0 Å². The number of carbonyl (C=O) groups is 2. The molecular weight excluding hydrogens is 621 g/mol. The lowest BCUT2D eigenvalue weighted by Gasteiger charge is -2.51. The van der Waals surface area contributed by atoms with E-state index in [1.54, 1.807) is 4.90 Å². The quantitative estimate of drug-likeness (QED) is 0.342. The SMILES string of the molecule is O=C(N1CCN(Cc2ccc(-c3ccccc3)[nH]c2=O)C2(CCCC2)C1)N1CC[C@@H](NC(=O)C(F)(F)F)C[C@H]1c1cc(F)ccc1F. The highest BCUT2D eigenvalue weighted by Gasteiger charge is 2.47. The van der Waals surface area contributed by atoms with E-state index in [2.05, 4.69) is 9.88 Å². The average molecular weight is 658 g/mol. The fourth-order valence-corrected chi connectivity index (χ4v) is 7.39. The number of alkyl halides is 3.